The molecule has 1 heterocycles. The van der Waals surface area contributed by atoms with Crippen LogP contribution in [0.4, 0.5) is 0 Å². The number of sulfonamides is 1. The fourth-order valence-corrected chi connectivity index (χ4v) is 3.90. The van der Waals surface area contributed by atoms with Crippen LogP contribution in [0, 0.1) is 11.3 Å². The van der Waals surface area contributed by atoms with E-state index < -0.39 is 21.4 Å². The van der Waals surface area contributed by atoms with Gasteiger partial charge in [-0.2, -0.15) is 9.57 Å². The Labute approximate surface area is 158 Å². The topological polar surface area (TPSA) is 114 Å². The third-order valence-corrected chi connectivity index (χ3v) is 6.23. The molecule has 0 aliphatic heterocycles. The number of benzene rings is 1. The van der Waals surface area contributed by atoms with Crippen LogP contribution in [0.5, 0.6) is 0 Å². The van der Waals surface area contributed by atoms with Gasteiger partial charge in [0.2, 0.25) is 15.5 Å². The van der Waals surface area contributed by atoms with E-state index >= 15 is 0 Å². The second kappa shape index (κ2) is 8.33. The standard InChI is InChI=1S/C18H22N4O4S/c1-4-22(5-2)18(24)15-12-20-16-8-7-13(11-14(16)17(15)23)27(25,26)21(3)10-6-9-19/h7-8,11-12H,4-6,10H2,1-3H3,(H,20,23). The van der Waals surface area contributed by atoms with Crippen molar-refractivity contribution < 1.29 is 13.2 Å². The molecule has 8 nitrogen and oxygen atoms in total. The molecule has 1 N–H and O–H groups in total. The van der Waals surface area contributed by atoms with Gasteiger partial charge in [0.05, 0.1) is 11.0 Å². The summed E-state index contributed by atoms with van der Waals surface area (Å²) >= 11 is 0. The van der Waals surface area contributed by atoms with Crippen LogP contribution in [0.1, 0.15) is 30.6 Å². The van der Waals surface area contributed by atoms with E-state index in [9.17, 15) is 18.0 Å². The van der Waals surface area contributed by atoms with E-state index in [-0.39, 0.29) is 28.8 Å². The van der Waals surface area contributed by atoms with Gasteiger partial charge < -0.3 is 9.88 Å². The number of nitrogens with one attached hydrogen (secondary N) is 1. The Bertz CT molecular complexity index is 1050. The number of rotatable bonds is 7. The van der Waals surface area contributed by atoms with Crippen molar-refractivity contribution in [2.45, 2.75) is 25.2 Å². The number of aromatic amines is 1. The molecule has 2 aromatic rings. The molecule has 144 valence electrons. The third-order valence-electron chi connectivity index (χ3n) is 4.38. The quantitative estimate of drug-likeness (QED) is 0.770. The highest BCUT2D eigenvalue weighted by Gasteiger charge is 2.23. The molecular formula is C18H22N4O4S. The molecule has 0 unspecified atom stereocenters. The van der Waals surface area contributed by atoms with Crippen LogP contribution in [0.15, 0.2) is 34.1 Å². The SMILES string of the molecule is CCN(CC)C(=O)c1c[nH]c2ccc(S(=O)(=O)N(C)CCC#N)cc2c1=O. The minimum absolute atomic E-state index is 0.0291. The van der Waals surface area contributed by atoms with Crippen LogP contribution in [-0.2, 0) is 10.0 Å². The highest BCUT2D eigenvalue weighted by molar-refractivity contribution is 7.89. The number of H-pyrrole nitrogens is 1. The molecule has 1 aromatic heterocycles. The van der Waals surface area contributed by atoms with Crippen LogP contribution in [-0.4, -0.2) is 55.2 Å². The molecule has 0 aliphatic rings. The van der Waals surface area contributed by atoms with E-state index in [0.29, 0.717) is 18.6 Å². The number of amides is 1. The fourth-order valence-electron chi connectivity index (χ4n) is 2.71. The summed E-state index contributed by atoms with van der Waals surface area (Å²) in [4.78, 5) is 29.7. The number of carbonyl (C=O) groups is 1. The first-order chi connectivity index (χ1) is 12.8. The fraction of sp³-hybridized carbons (Fsp3) is 0.389. The lowest BCUT2D eigenvalue weighted by Gasteiger charge is -2.18. The van der Waals surface area contributed by atoms with E-state index in [1.807, 2.05) is 19.9 Å². The molecule has 1 amide bonds. The summed E-state index contributed by atoms with van der Waals surface area (Å²) in [7, 11) is -2.47. The zero-order valence-electron chi connectivity index (χ0n) is 15.5. The van der Waals surface area contributed by atoms with Crippen LogP contribution in [0.2, 0.25) is 0 Å². The summed E-state index contributed by atoms with van der Waals surface area (Å²) < 4.78 is 26.3. The molecule has 1 aromatic carbocycles. The number of hydrogen-bond acceptors (Lipinski definition) is 5. The van der Waals surface area contributed by atoms with Crippen LogP contribution in [0.3, 0.4) is 0 Å². The molecule has 0 spiro atoms. The summed E-state index contributed by atoms with van der Waals surface area (Å²) in [6.45, 7) is 4.61. The Kier molecular flexibility index (Phi) is 6.36. The number of nitrogens with zero attached hydrogens (tertiary/aromatic N) is 3. The number of nitriles is 1. The normalized spacial score (nSPS) is 11.5. The predicted molar refractivity (Wildman–Crippen MR) is 102 cm³/mol. The van der Waals surface area contributed by atoms with E-state index in [2.05, 4.69) is 4.98 Å². The van der Waals surface area contributed by atoms with Crippen molar-refractivity contribution in [3.8, 4) is 6.07 Å². The molecule has 0 saturated heterocycles. The van der Waals surface area contributed by atoms with Gasteiger partial charge >= 0.3 is 0 Å². The van der Waals surface area contributed by atoms with E-state index in [4.69, 9.17) is 5.26 Å². The van der Waals surface area contributed by atoms with Gasteiger partial charge in [0, 0.05) is 50.2 Å². The van der Waals surface area contributed by atoms with E-state index in [1.54, 1.807) is 0 Å². The average molecular weight is 390 g/mol. The second-order valence-corrected chi connectivity index (χ2v) is 8.00. The van der Waals surface area contributed by atoms with Gasteiger partial charge in [-0.1, -0.05) is 0 Å². The highest BCUT2D eigenvalue weighted by atomic mass is 32.2. The first-order valence-electron chi connectivity index (χ1n) is 8.55. The molecule has 27 heavy (non-hydrogen) atoms. The molecule has 0 radical (unpaired) electrons. The smallest absolute Gasteiger partial charge is 0.259 e. The van der Waals surface area contributed by atoms with Gasteiger partial charge in [0.1, 0.15) is 5.56 Å². The molecule has 0 atom stereocenters. The molecule has 0 aliphatic carbocycles. The van der Waals surface area contributed by atoms with Crippen molar-refractivity contribution in [2.24, 2.45) is 0 Å². The second-order valence-electron chi connectivity index (χ2n) is 5.95. The Balaban J connectivity index is 2.56. The first kappa shape index (κ1) is 20.6. The number of fused-ring (bicyclic) bond motifs is 1. The molecule has 0 bridgehead atoms. The number of carbonyl (C=O) groups excluding carboxylic acids is 1. The zero-order chi connectivity index (χ0) is 20.2. The minimum Gasteiger partial charge on any atom is -0.360 e. The monoisotopic (exact) mass is 390 g/mol. The van der Waals surface area contributed by atoms with Crippen molar-refractivity contribution in [3.63, 3.8) is 0 Å². The maximum atomic E-state index is 12.8. The van der Waals surface area contributed by atoms with Crippen molar-refractivity contribution >= 4 is 26.8 Å². The maximum absolute atomic E-state index is 12.8. The van der Waals surface area contributed by atoms with Gasteiger partial charge in [-0.25, -0.2) is 8.42 Å². The van der Waals surface area contributed by atoms with Gasteiger partial charge in [0.15, 0.2) is 0 Å². The number of hydrogen-bond donors (Lipinski definition) is 1. The van der Waals surface area contributed by atoms with Gasteiger partial charge in [0.25, 0.3) is 5.91 Å². The summed E-state index contributed by atoms with van der Waals surface area (Å²) in [5.41, 5.74) is -0.106. The summed E-state index contributed by atoms with van der Waals surface area (Å²) in [5, 5.41) is 8.77. The lowest BCUT2D eigenvalue weighted by atomic mass is 10.1. The molecular weight excluding hydrogens is 368 g/mol. The largest absolute Gasteiger partial charge is 0.360 e. The minimum atomic E-state index is -3.84. The summed E-state index contributed by atoms with van der Waals surface area (Å²) in [5.74, 6) is -0.400. The van der Waals surface area contributed by atoms with Crippen LogP contribution < -0.4 is 5.43 Å². The maximum Gasteiger partial charge on any atom is 0.259 e. The molecule has 0 fully saturated rings. The van der Waals surface area contributed by atoms with E-state index in [1.165, 1.54) is 36.3 Å². The Hall–Kier alpha value is -2.70. The van der Waals surface area contributed by atoms with Gasteiger partial charge in [-0.15, -0.1) is 0 Å². The molecule has 2 rings (SSSR count). The van der Waals surface area contributed by atoms with Crippen molar-refractivity contribution in [3.05, 3.63) is 40.2 Å². The Morgan fingerprint density at radius 3 is 2.52 bits per heavy atom. The zero-order valence-corrected chi connectivity index (χ0v) is 16.3. The Morgan fingerprint density at radius 1 is 1.26 bits per heavy atom. The number of pyridine rings is 1. The van der Waals surface area contributed by atoms with Gasteiger partial charge in [-0.05, 0) is 32.0 Å². The summed E-state index contributed by atoms with van der Waals surface area (Å²) in [6, 6.07) is 6.05. The molecule has 9 heteroatoms. The Morgan fingerprint density at radius 2 is 1.93 bits per heavy atom. The van der Waals surface area contributed by atoms with Crippen molar-refractivity contribution in [2.75, 3.05) is 26.7 Å². The first-order valence-corrected chi connectivity index (χ1v) is 9.99. The number of aromatic nitrogens is 1. The predicted octanol–water partition coefficient (Wildman–Crippen LogP) is 1.54. The third kappa shape index (κ3) is 4.02. The van der Waals surface area contributed by atoms with Crippen LogP contribution in [0.25, 0.3) is 10.9 Å². The van der Waals surface area contributed by atoms with Crippen molar-refractivity contribution in [1.29, 1.82) is 5.26 Å². The van der Waals surface area contributed by atoms with Crippen molar-refractivity contribution in [1.82, 2.24) is 14.2 Å². The van der Waals surface area contributed by atoms with E-state index in [0.717, 1.165) is 4.31 Å². The average Bonchev–Trinajstić information content (AvgIpc) is 2.66. The van der Waals surface area contributed by atoms with Crippen LogP contribution >= 0.6 is 0 Å². The summed E-state index contributed by atoms with van der Waals surface area (Å²) in [6.07, 6.45) is 1.42. The van der Waals surface area contributed by atoms with Gasteiger partial charge in [-0.3, -0.25) is 9.59 Å². The molecule has 0 saturated carbocycles. The highest BCUT2D eigenvalue weighted by Crippen LogP contribution is 2.19. The lowest BCUT2D eigenvalue weighted by Crippen LogP contribution is -2.34. The lowest BCUT2D eigenvalue weighted by molar-refractivity contribution is 0.0771.